The average Bonchev–Trinajstić information content (AvgIpc) is 2.48. The van der Waals surface area contributed by atoms with Gasteiger partial charge in [-0.25, -0.2) is 0 Å². The fourth-order valence-electron chi connectivity index (χ4n) is 2.33. The molecule has 1 N–H and O–H groups in total. The van der Waals surface area contributed by atoms with E-state index in [1.54, 1.807) is 0 Å². The molecule has 3 rings (SSSR count). The minimum absolute atomic E-state index is 0.366. The Morgan fingerprint density at radius 1 is 1.11 bits per heavy atom. The molecular formula is C16H14N2S. The lowest BCUT2D eigenvalue weighted by atomic mass is 10.0. The van der Waals surface area contributed by atoms with E-state index < -0.39 is 0 Å². The number of benzene rings is 2. The van der Waals surface area contributed by atoms with Crippen LogP contribution in [0.1, 0.15) is 23.6 Å². The van der Waals surface area contributed by atoms with Gasteiger partial charge in [0.25, 0.3) is 0 Å². The number of nitrogens with one attached hydrogen (secondary N) is 1. The second-order valence-electron chi connectivity index (χ2n) is 4.56. The highest BCUT2D eigenvalue weighted by molar-refractivity contribution is 7.99. The van der Waals surface area contributed by atoms with Gasteiger partial charge in [0.15, 0.2) is 0 Å². The zero-order valence-electron chi connectivity index (χ0n) is 10.5. The summed E-state index contributed by atoms with van der Waals surface area (Å²) in [6.07, 6.45) is 1.13. The molecule has 1 aliphatic heterocycles. The lowest BCUT2D eigenvalue weighted by Crippen LogP contribution is -2.15. The number of rotatable bonds is 2. The number of fused-ring (bicyclic) bond motifs is 1. The Bertz CT molecular complexity index is 613. The van der Waals surface area contributed by atoms with Crippen LogP contribution in [0.5, 0.6) is 0 Å². The molecule has 0 spiro atoms. The summed E-state index contributed by atoms with van der Waals surface area (Å²) in [6.45, 7) is 0. The number of hydrogen-bond acceptors (Lipinski definition) is 3. The highest BCUT2D eigenvalue weighted by Gasteiger charge is 2.19. The van der Waals surface area contributed by atoms with Crippen LogP contribution in [0, 0.1) is 11.3 Å². The van der Waals surface area contributed by atoms with E-state index >= 15 is 0 Å². The molecule has 0 saturated heterocycles. The standard InChI is InChI=1S/C16H14N2S/c17-11-12-5-7-13(8-6-12)18-15-9-10-19-16-4-2-1-3-14(15)16/h1-8,15,18H,9-10H2. The van der Waals surface area contributed by atoms with E-state index in [4.69, 9.17) is 5.26 Å². The van der Waals surface area contributed by atoms with Crippen molar-refractivity contribution in [3.05, 3.63) is 59.7 Å². The van der Waals surface area contributed by atoms with Crippen LogP contribution in [0.4, 0.5) is 5.69 Å². The van der Waals surface area contributed by atoms with Crippen molar-refractivity contribution in [3.8, 4) is 6.07 Å². The van der Waals surface area contributed by atoms with Gasteiger partial charge in [0.2, 0.25) is 0 Å². The molecule has 0 radical (unpaired) electrons. The van der Waals surface area contributed by atoms with Crippen LogP contribution in [0.3, 0.4) is 0 Å². The maximum Gasteiger partial charge on any atom is 0.0991 e. The zero-order valence-corrected chi connectivity index (χ0v) is 11.3. The third kappa shape index (κ3) is 2.59. The van der Waals surface area contributed by atoms with E-state index in [1.807, 2.05) is 36.0 Å². The molecule has 1 atom stereocenters. The molecule has 0 saturated carbocycles. The molecule has 94 valence electrons. The molecule has 19 heavy (non-hydrogen) atoms. The first-order valence-corrected chi connectivity index (χ1v) is 7.34. The Labute approximate surface area is 117 Å². The molecule has 2 aromatic rings. The number of anilines is 1. The molecule has 0 bridgehead atoms. The first-order chi connectivity index (χ1) is 9.36. The van der Waals surface area contributed by atoms with Gasteiger partial charge in [-0.3, -0.25) is 0 Å². The molecule has 3 heteroatoms. The maximum atomic E-state index is 8.81. The average molecular weight is 266 g/mol. The Morgan fingerprint density at radius 2 is 1.89 bits per heavy atom. The van der Waals surface area contributed by atoms with Crippen LogP contribution in [-0.4, -0.2) is 5.75 Å². The minimum Gasteiger partial charge on any atom is -0.378 e. The summed E-state index contributed by atoms with van der Waals surface area (Å²) in [5.74, 6) is 1.14. The van der Waals surface area contributed by atoms with Gasteiger partial charge in [0.1, 0.15) is 0 Å². The minimum atomic E-state index is 0.366. The van der Waals surface area contributed by atoms with Crippen LogP contribution in [0.25, 0.3) is 0 Å². The third-order valence-electron chi connectivity index (χ3n) is 3.31. The number of nitrogens with zero attached hydrogens (tertiary/aromatic N) is 1. The highest BCUT2D eigenvalue weighted by Crippen LogP contribution is 2.37. The molecule has 1 unspecified atom stereocenters. The van der Waals surface area contributed by atoms with E-state index in [0.29, 0.717) is 11.6 Å². The quantitative estimate of drug-likeness (QED) is 0.884. The van der Waals surface area contributed by atoms with E-state index in [0.717, 1.165) is 17.9 Å². The van der Waals surface area contributed by atoms with Crippen LogP contribution in [-0.2, 0) is 0 Å². The van der Waals surface area contributed by atoms with Gasteiger partial charge in [-0.05, 0) is 42.3 Å². The summed E-state index contributed by atoms with van der Waals surface area (Å²) in [6, 6.07) is 18.7. The lowest BCUT2D eigenvalue weighted by Gasteiger charge is -2.26. The first kappa shape index (κ1) is 12.1. The summed E-state index contributed by atoms with van der Waals surface area (Å²) in [5, 5.41) is 12.4. The summed E-state index contributed by atoms with van der Waals surface area (Å²) < 4.78 is 0. The van der Waals surface area contributed by atoms with Crippen LogP contribution in [0.2, 0.25) is 0 Å². The normalized spacial score (nSPS) is 17.3. The van der Waals surface area contributed by atoms with E-state index in [-0.39, 0.29) is 0 Å². The van der Waals surface area contributed by atoms with Crippen molar-refractivity contribution in [1.29, 1.82) is 5.26 Å². The fourth-order valence-corrected chi connectivity index (χ4v) is 3.46. The molecule has 1 aliphatic rings. The highest BCUT2D eigenvalue weighted by atomic mass is 32.2. The zero-order chi connectivity index (χ0) is 13.1. The van der Waals surface area contributed by atoms with Crippen LogP contribution in [0.15, 0.2) is 53.4 Å². The largest absolute Gasteiger partial charge is 0.378 e. The molecule has 0 amide bonds. The summed E-state index contributed by atoms with van der Waals surface area (Å²) >= 11 is 1.93. The lowest BCUT2D eigenvalue weighted by molar-refractivity contribution is 0.728. The Balaban J connectivity index is 1.82. The van der Waals surface area contributed by atoms with E-state index in [2.05, 4.69) is 35.7 Å². The Morgan fingerprint density at radius 3 is 2.68 bits per heavy atom. The number of thioether (sulfide) groups is 1. The van der Waals surface area contributed by atoms with Gasteiger partial charge in [-0.1, -0.05) is 18.2 Å². The van der Waals surface area contributed by atoms with Crippen molar-refractivity contribution in [2.24, 2.45) is 0 Å². The van der Waals surface area contributed by atoms with Crippen LogP contribution < -0.4 is 5.32 Å². The summed E-state index contributed by atoms with van der Waals surface area (Å²) in [7, 11) is 0. The molecule has 0 fully saturated rings. The van der Waals surface area contributed by atoms with Gasteiger partial charge in [-0.2, -0.15) is 5.26 Å². The van der Waals surface area contributed by atoms with Crippen LogP contribution >= 0.6 is 11.8 Å². The van der Waals surface area contributed by atoms with Gasteiger partial charge in [0, 0.05) is 16.3 Å². The summed E-state index contributed by atoms with van der Waals surface area (Å²) in [4.78, 5) is 1.37. The van der Waals surface area contributed by atoms with Gasteiger partial charge in [0.05, 0.1) is 17.7 Å². The van der Waals surface area contributed by atoms with E-state index in [1.165, 1.54) is 10.5 Å². The first-order valence-electron chi connectivity index (χ1n) is 6.35. The van der Waals surface area contributed by atoms with Gasteiger partial charge < -0.3 is 5.32 Å². The van der Waals surface area contributed by atoms with E-state index in [9.17, 15) is 0 Å². The molecule has 2 aromatic carbocycles. The Kier molecular flexibility index (Phi) is 3.43. The SMILES string of the molecule is N#Cc1ccc(NC2CCSc3ccccc32)cc1. The second kappa shape index (κ2) is 5.38. The molecule has 2 nitrogen and oxygen atoms in total. The van der Waals surface area contributed by atoms with Crippen molar-refractivity contribution in [1.82, 2.24) is 0 Å². The summed E-state index contributed by atoms with van der Waals surface area (Å²) in [5.41, 5.74) is 3.15. The molecule has 1 heterocycles. The monoisotopic (exact) mass is 266 g/mol. The van der Waals surface area contributed by atoms with Crippen molar-refractivity contribution in [2.75, 3.05) is 11.1 Å². The molecular weight excluding hydrogens is 252 g/mol. The Hall–Kier alpha value is -1.92. The number of nitriles is 1. The molecule has 0 aliphatic carbocycles. The topological polar surface area (TPSA) is 35.8 Å². The predicted molar refractivity (Wildman–Crippen MR) is 79.3 cm³/mol. The fraction of sp³-hybridized carbons (Fsp3) is 0.188. The third-order valence-corrected chi connectivity index (χ3v) is 4.44. The maximum absolute atomic E-state index is 8.81. The van der Waals surface area contributed by atoms with Gasteiger partial charge >= 0.3 is 0 Å². The van der Waals surface area contributed by atoms with Crippen molar-refractivity contribution in [2.45, 2.75) is 17.4 Å². The number of hydrogen-bond donors (Lipinski definition) is 1. The molecule has 0 aromatic heterocycles. The van der Waals surface area contributed by atoms with Gasteiger partial charge in [-0.15, -0.1) is 11.8 Å². The smallest absolute Gasteiger partial charge is 0.0991 e. The van der Waals surface area contributed by atoms with Crippen molar-refractivity contribution < 1.29 is 0 Å². The second-order valence-corrected chi connectivity index (χ2v) is 5.70. The van der Waals surface area contributed by atoms with Crippen molar-refractivity contribution >= 4 is 17.4 Å². The van der Waals surface area contributed by atoms with Crippen molar-refractivity contribution in [3.63, 3.8) is 0 Å². The predicted octanol–water partition coefficient (Wildman–Crippen LogP) is 4.21.